The van der Waals surface area contributed by atoms with Gasteiger partial charge in [0.05, 0.1) is 0 Å². The average molecular weight is 430 g/mol. The second-order valence-corrected chi connectivity index (χ2v) is 8.24. The van der Waals surface area contributed by atoms with E-state index in [9.17, 15) is 9.59 Å². The molecule has 1 N–H and O–H groups in total. The van der Waals surface area contributed by atoms with Gasteiger partial charge in [-0.2, -0.15) is 4.98 Å². The summed E-state index contributed by atoms with van der Waals surface area (Å²) in [5.74, 6) is 0.499. The number of hydrogen-bond acceptors (Lipinski definition) is 5. The molecule has 0 bridgehead atoms. The Kier molecular flexibility index (Phi) is 5.79. The maximum absolute atomic E-state index is 13.1. The summed E-state index contributed by atoms with van der Waals surface area (Å²) in [7, 11) is 0.219. The van der Waals surface area contributed by atoms with Gasteiger partial charge in [0.1, 0.15) is 0 Å². The number of benzene rings is 1. The number of anilines is 1. The number of pyridine rings is 1. The van der Waals surface area contributed by atoms with Crippen LogP contribution in [0.5, 0.6) is 0 Å². The van der Waals surface area contributed by atoms with E-state index in [1.807, 2.05) is 30.9 Å². The van der Waals surface area contributed by atoms with Crippen LogP contribution in [0, 0.1) is 0 Å². The fraction of sp³-hybridized carbons (Fsp3) is 0.300. The fourth-order valence-electron chi connectivity index (χ4n) is 3.58. The van der Waals surface area contributed by atoms with Crippen LogP contribution < -0.4 is 10.9 Å². The Hall–Kier alpha value is -2.50. The van der Waals surface area contributed by atoms with Crippen LogP contribution in [-0.4, -0.2) is 51.4 Å². The molecule has 0 radical (unpaired) electrons. The molecule has 7 nitrogen and oxygen atoms in total. The quantitative estimate of drug-likeness (QED) is 0.497. The second-order valence-electron chi connectivity index (χ2n) is 6.93. The van der Waals surface area contributed by atoms with Crippen molar-refractivity contribution in [3.05, 3.63) is 51.9 Å². The van der Waals surface area contributed by atoms with Gasteiger partial charge in [0.2, 0.25) is 12.4 Å². The molecule has 0 spiro atoms. The largest absolute Gasteiger partial charge is 0.351 e. The third-order valence-electron chi connectivity index (χ3n) is 5.14. The monoisotopic (exact) mass is 429 g/mol. The molecule has 3 heterocycles. The first kappa shape index (κ1) is 19.8. The predicted octanol–water partition coefficient (Wildman–Crippen LogP) is 3.22. The summed E-state index contributed by atoms with van der Waals surface area (Å²) in [5, 5.41) is 4.67. The number of likely N-dealkylation sites (tertiary alicyclic amines) is 1. The van der Waals surface area contributed by atoms with Crippen LogP contribution in [-0.2, 0) is 4.79 Å². The molecule has 1 fully saturated rings. The van der Waals surface area contributed by atoms with Gasteiger partial charge in [-0.3, -0.25) is 13.9 Å². The Morgan fingerprint density at radius 3 is 2.69 bits per heavy atom. The van der Waals surface area contributed by atoms with Crippen molar-refractivity contribution in [2.75, 3.05) is 25.1 Å². The van der Waals surface area contributed by atoms with E-state index in [0.717, 1.165) is 37.7 Å². The zero-order valence-electron chi connectivity index (χ0n) is 15.9. The van der Waals surface area contributed by atoms with E-state index in [1.54, 1.807) is 21.5 Å². The molecule has 1 atom stereocenters. The van der Waals surface area contributed by atoms with Gasteiger partial charge in [-0.25, -0.2) is 4.98 Å². The number of piperidine rings is 1. The average Bonchev–Trinajstić information content (AvgIpc) is 2.74. The molecular weight excluding hydrogens is 409 g/mol. The van der Waals surface area contributed by atoms with E-state index in [1.165, 1.54) is 0 Å². The highest BCUT2D eigenvalue weighted by Crippen LogP contribution is 2.29. The molecule has 1 aromatic carbocycles. The van der Waals surface area contributed by atoms with E-state index >= 15 is 0 Å². The molecule has 1 amide bonds. The van der Waals surface area contributed by atoms with Gasteiger partial charge < -0.3 is 10.2 Å². The highest BCUT2D eigenvalue weighted by molar-refractivity contribution is 7.35. The van der Waals surface area contributed by atoms with Gasteiger partial charge in [-0.05, 0) is 40.4 Å². The number of carbonyl (C=O) groups excluding carboxylic acids is 1. The van der Waals surface area contributed by atoms with Gasteiger partial charge in [0, 0.05) is 46.9 Å². The molecule has 3 aromatic rings. The third-order valence-corrected chi connectivity index (χ3v) is 6.33. The molecule has 2 aromatic heterocycles. The minimum atomic E-state index is -0.115. The minimum Gasteiger partial charge on any atom is -0.351 e. The topological polar surface area (TPSA) is 80.1 Å². The van der Waals surface area contributed by atoms with Crippen molar-refractivity contribution in [3.63, 3.8) is 0 Å². The molecule has 4 rings (SSSR count). The van der Waals surface area contributed by atoms with Crippen LogP contribution in [0.1, 0.15) is 12.8 Å². The maximum atomic E-state index is 13.1. The highest BCUT2D eigenvalue weighted by Gasteiger charge is 2.19. The van der Waals surface area contributed by atoms with Crippen LogP contribution in [0.2, 0.25) is 5.02 Å². The molecular formula is C20H21ClN5O2P. The van der Waals surface area contributed by atoms with Crippen molar-refractivity contribution in [2.24, 2.45) is 0 Å². The lowest BCUT2D eigenvalue weighted by molar-refractivity contribution is -0.118. The summed E-state index contributed by atoms with van der Waals surface area (Å²) in [4.78, 5) is 34.8. The van der Waals surface area contributed by atoms with Crippen molar-refractivity contribution in [1.29, 1.82) is 0 Å². The summed E-state index contributed by atoms with van der Waals surface area (Å²) in [6.45, 7) is 3.38. The van der Waals surface area contributed by atoms with Crippen LogP contribution in [0.3, 0.4) is 0 Å². The van der Waals surface area contributed by atoms with Crippen LogP contribution in [0.4, 0.5) is 5.95 Å². The van der Waals surface area contributed by atoms with Crippen molar-refractivity contribution < 1.29 is 4.79 Å². The van der Waals surface area contributed by atoms with E-state index in [-0.39, 0.29) is 20.3 Å². The van der Waals surface area contributed by atoms with Crippen molar-refractivity contribution in [1.82, 2.24) is 19.2 Å². The number of nitrogens with zero attached hydrogens (tertiary/aromatic N) is 4. The summed E-state index contributed by atoms with van der Waals surface area (Å²) >= 11 is 6.32. The highest BCUT2D eigenvalue weighted by atomic mass is 35.5. The number of carbonyl (C=O) groups is 1. The van der Waals surface area contributed by atoms with Crippen molar-refractivity contribution in [2.45, 2.75) is 18.9 Å². The zero-order valence-corrected chi connectivity index (χ0v) is 17.7. The molecule has 1 unspecified atom stereocenters. The lowest BCUT2D eigenvalue weighted by Gasteiger charge is -2.29. The van der Waals surface area contributed by atoms with Gasteiger partial charge in [0.15, 0.2) is 5.65 Å². The van der Waals surface area contributed by atoms with E-state index < -0.39 is 0 Å². The first-order valence-corrected chi connectivity index (χ1v) is 11.2. The standard InChI is InChI=1S/C20H21ClN5O2P/c1-29-26-18-13(10-16(19(26)28)15-4-2-3-5-17(15)21)11-22-20(24-18)23-14-6-8-25(12-27)9-7-14/h2-5,10-12,14,29H,6-9H2,1H3,(H,22,23,24). The van der Waals surface area contributed by atoms with Gasteiger partial charge in [-0.15, -0.1) is 0 Å². The number of halogens is 1. The Bertz CT molecular complexity index is 1110. The number of fused-ring (bicyclic) bond motifs is 1. The van der Waals surface area contributed by atoms with Gasteiger partial charge in [0.25, 0.3) is 5.56 Å². The molecule has 0 saturated carbocycles. The van der Waals surface area contributed by atoms with E-state index in [4.69, 9.17) is 11.6 Å². The molecule has 0 aliphatic carbocycles. The van der Waals surface area contributed by atoms with Crippen molar-refractivity contribution in [3.8, 4) is 11.1 Å². The van der Waals surface area contributed by atoms with Crippen LogP contribution in [0.15, 0.2) is 41.3 Å². The normalized spacial score (nSPS) is 15.3. The molecule has 1 saturated heterocycles. The van der Waals surface area contributed by atoms with E-state index in [2.05, 4.69) is 15.3 Å². The molecule has 1 aliphatic rings. The second kappa shape index (κ2) is 8.47. The lowest BCUT2D eigenvalue weighted by Crippen LogP contribution is -2.38. The van der Waals surface area contributed by atoms with Gasteiger partial charge in [-0.1, -0.05) is 29.8 Å². The Morgan fingerprint density at radius 2 is 2.00 bits per heavy atom. The first-order valence-electron chi connectivity index (χ1n) is 9.42. The van der Waals surface area contributed by atoms with E-state index in [0.29, 0.717) is 27.7 Å². The lowest BCUT2D eigenvalue weighted by atomic mass is 10.1. The maximum Gasteiger partial charge on any atom is 0.263 e. The summed E-state index contributed by atoms with van der Waals surface area (Å²) in [6, 6.07) is 9.34. The number of rotatable bonds is 5. The number of amides is 1. The van der Waals surface area contributed by atoms with Crippen molar-refractivity contribution >= 4 is 43.7 Å². The smallest absolute Gasteiger partial charge is 0.263 e. The fourth-order valence-corrected chi connectivity index (χ4v) is 4.53. The Labute approximate surface area is 174 Å². The Balaban J connectivity index is 1.70. The first-order chi connectivity index (χ1) is 14.1. The molecule has 1 aliphatic heterocycles. The minimum absolute atomic E-state index is 0.115. The summed E-state index contributed by atoms with van der Waals surface area (Å²) in [5.41, 5.74) is 1.74. The zero-order chi connectivity index (χ0) is 20.4. The number of aromatic nitrogens is 3. The Morgan fingerprint density at radius 1 is 1.24 bits per heavy atom. The number of hydrogen-bond donors (Lipinski definition) is 1. The summed E-state index contributed by atoms with van der Waals surface area (Å²) < 4.78 is 1.68. The molecule has 150 valence electrons. The SMILES string of the molecule is CPn1c(=O)c(-c2ccccc2Cl)cc2cnc(NC3CCN(C=O)CC3)nc21. The van der Waals surface area contributed by atoms with Crippen LogP contribution >= 0.6 is 20.3 Å². The molecule has 9 heteroatoms. The summed E-state index contributed by atoms with van der Waals surface area (Å²) in [6.07, 6.45) is 4.31. The van der Waals surface area contributed by atoms with Crippen LogP contribution in [0.25, 0.3) is 22.2 Å². The van der Waals surface area contributed by atoms with Gasteiger partial charge >= 0.3 is 0 Å². The predicted molar refractivity (Wildman–Crippen MR) is 118 cm³/mol. The molecule has 29 heavy (non-hydrogen) atoms. The third kappa shape index (κ3) is 3.98. The number of nitrogens with one attached hydrogen (secondary N) is 1.